The van der Waals surface area contributed by atoms with Crippen molar-refractivity contribution in [3.05, 3.63) is 74.5 Å². The molecular formula is C20H12Cl3F3N2O3. The van der Waals surface area contributed by atoms with Crippen LogP contribution in [0.25, 0.3) is 5.52 Å². The maximum Gasteiger partial charge on any atom is 0.435 e. The van der Waals surface area contributed by atoms with Crippen molar-refractivity contribution in [3.63, 3.8) is 0 Å². The van der Waals surface area contributed by atoms with Crippen molar-refractivity contribution in [2.45, 2.75) is 18.2 Å². The van der Waals surface area contributed by atoms with E-state index in [1.807, 2.05) is 0 Å². The first kappa shape index (κ1) is 21.8. The molecule has 5 nitrogen and oxygen atoms in total. The van der Waals surface area contributed by atoms with Gasteiger partial charge in [-0.25, -0.2) is 4.79 Å². The minimum absolute atomic E-state index is 0.0251. The normalized spacial score (nSPS) is 18.7. The first-order valence-electron chi connectivity index (χ1n) is 8.74. The van der Waals surface area contributed by atoms with Gasteiger partial charge in [0.15, 0.2) is 0 Å². The van der Waals surface area contributed by atoms with Crippen molar-refractivity contribution in [1.82, 2.24) is 4.40 Å². The van der Waals surface area contributed by atoms with Crippen LogP contribution in [0.2, 0.25) is 15.1 Å². The van der Waals surface area contributed by atoms with Gasteiger partial charge in [-0.2, -0.15) is 13.2 Å². The van der Waals surface area contributed by atoms with Crippen LogP contribution in [0.4, 0.5) is 13.2 Å². The third-order valence-corrected chi connectivity index (χ3v) is 6.23. The third-order valence-electron chi connectivity index (χ3n) is 5.03. The number of carbonyl (C=O) groups excluding carboxylic acids is 1. The molecule has 0 spiro atoms. The van der Waals surface area contributed by atoms with Gasteiger partial charge in [0.2, 0.25) is 0 Å². The number of benzene rings is 1. The number of alkyl halides is 3. The predicted molar refractivity (Wildman–Crippen MR) is 110 cm³/mol. The summed E-state index contributed by atoms with van der Waals surface area (Å²) in [5, 5.41) is 3.41. The minimum atomic E-state index is -4.85. The molecule has 31 heavy (non-hydrogen) atoms. The molecule has 0 bridgehead atoms. The lowest BCUT2D eigenvalue weighted by Gasteiger charge is -2.30. The fraction of sp³-hybridized carbons (Fsp3) is 0.200. The lowest BCUT2D eigenvalue weighted by molar-refractivity contribution is -0.275. The Morgan fingerprint density at radius 2 is 1.87 bits per heavy atom. The van der Waals surface area contributed by atoms with Gasteiger partial charge in [-0.3, -0.25) is 0 Å². The third kappa shape index (κ3) is 3.43. The predicted octanol–water partition coefficient (Wildman–Crippen LogP) is 6.27. The summed E-state index contributed by atoms with van der Waals surface area (Å²) in [6, 6.07) is 8.36. The molecule has 0 saturated carbocycles. The van der Waals surface area contributed by atoms with Crippen LogP contribution in [-0.4, -0.2) is 29.4 Å². The summed E-state index contributed by atoms with van der Waals surface area (Å²) in [6.07, 6.45) is -3.89. The number of nitrogens with zero attached hydrogens (tertiary/aromatic N) is 2. The van der Waals surface area contributed by atoms with E-state index >= 15 is 0 Å². The minimum Gasteiger partial charge on any atom is -0.465 e. The van der Waals surface area contributed by atoms with E-state index in [1.54, 1.807) is 22.7 Å². The summed E-state index contributed by atoms with van der Waals surface area (Å²) < 4.78 is 49.0. The molecular weight excluding hydrogens is 480 g/mol. The molecule has 0 saturated heterocycles. The Hall–Kier alpha value is -2.42. The van der Waals surface area contributed by atoms with Crippen molar-refractivity contribution in [2.24, 2.45) is 5.16 Å². The number of halogens is 6. The number of oxime groups is 1. The van der Waals surface area contributed by atoms with Gasteiger partial charge in [0, 0.05) is 11.8 Å². The molecule has 11 heteroatoms. The van der Waals surface area contributed by atoms with E-state index in [9.17, 15) is 18.0 Å². The maximum absolute atomic E-state index is 14.2. The molecule has 0 N–H and O–H groups in total. The monoisotopic (exact) mass is 490 g/mol. The van der Waals surface area contributed by atoms with Gasteiger partial charge in [0.05, 0.1) is 45.4 Å². The quantitative estimate of drug-likeness (QED) is 0.321. The van der Waals surface area contributed by atoms with Crippen molar-refractivity contribution in [2.75, 3.05) is 7.11 Å². The Bertz CT molecular complexity index is 1220. The number of rotatable bonds is 3. The van der Waals surface area contributed by atoms with Gasteiger partial charge in [-0.15, -0.1) is 0 Å². The number of pyridine rings is 1. The summed E-state index contributed by atoms with van der Waals surface area (Å²) in [4.78, 5) is 17.0. The SMILES string of the molecule is COC(=O)c1ccc(C2=NOC(c3cc(Cl)c(Cl)c(Cl)c3)(C(F)(F)F)C2)n2cccc12. The number of hydrogen-bond acceptors (Lipinski definition) is 4. The molecule has 1 unspecified atom stereocenters. The lowest BCUT2D eigenvalue weighted by atomic mass is 9.87. The highest BCUT2D eigenvalue weighted by Crippen LogP contribution is 2.50. The van der Waals surface area contributed by atoms with Gasteiger partial charge in [-0.05, 0) is 36.4 Å². The first-order valence-corrected chi connectivity index (χ1v) is 9.88. The molecule has 1 aliphatic rings. The second-order valence-electron chi connectivity index (χ2n) is 6.77. The fourth-order valence-electron chi connectivity index (χ4n) is 3.49. The van der Waals surface area contributed by atoms with Crippen LogP contribution in [0, 0.1) is 0 Å². The van der Waals surface area contributed by atoms with E-state index in [2.05, 4.69) is 5.16 Å². The van der Waals surface area contributed by atoms with Gasteiger partial charge >= 0.3 is 12.1 Å². The van der Waals surface area contributed by atoms with Crippen LogP contribution in [-0.2, 0) is 15.2 Å². The average Bonchev–Trinajstić information content (AvgIpc) is 3.38. The van der Waals surface area contributed by atoms with Crippen LogP contribution < -0.4 is 0 Å². The molecule has 0 radical (unpaired) electrons. The number of methoxy groups -OCH3 is 1. The fourth-order valence-corrected chi connectivity index (χ4v) is 4.08. The Labute approximate surface area is 188 Å². The molecule has 1 aliphatic heterocycles. The largest absolute Gasteiger partial charge is 0.465 e. The Morgan fingerprint density at radius 3 is 2.48 bits per heavy atom. The van der Waals surface area contributed by atoms with Crippen LogP contribution in [0.15, 0.2) is 47.8 Å². The summed E-state index contributed by atoms with van der Waals surface area (Å²) in [5.74, 6) is -0.574. The van der Waals surface area contributed by atoms with Crippen LogP contribution >= 0.6 is 34.8 Å². The highest BCUT2D eigenvalue weighted by Gasteiger charge is 2.62. The molecule has 3 aromatic rings. The van der Waals surface area contributed by atoms with E-state index < -0.39 is 24.2 Å². The summed E-state index contributed by atoms with van der Waals surface area (Å²) in [7, 11) is 1.24. The topological polar surface area (TPSA) is 52.3 Å². The van der Waals surface area contributed by atoms with Crippen molar-refractivity contribution in [1.29, 1.82) is 0 Å². The molecule has 2 aromatic heterocycles. The summed E-state index contributed by atoms with van der Waals surface area (Å²) in [6.45, 7) is 0. The second-order valence-corrected chi connectivity index (χ2v) is 7.96. The average molecular weight is 492 g/mol. The van der Waals surface area contributed by atoms with E-state index in [1.165, 1.54) is 19.2 Å². The number of carbonyl (C=O) groups is 1. The van der Waals surface area contributed by atoms with Gasteiger partial charge in [0.1, 0.15) is 5.71 Å². The van der Waals surface area contributed by atoms with Crippen LogP contribution in [0.3, 0.4) is 0 Å². The van der Waals surface area contributed by atoms with Crippen LogP contribution in [0.1, 0.15) is 28.0 Å². The molecule has 1 atom stereocenters. The molecule has 4 rings (SSSR count). The summed E-state index contributed by atoms with van der Waals surface area (Å²) >= 11 is 17.8. The molecule has 0 amide bonds. The number of esters is 1. The van der Waals surface area contributed by atoms with E-state index in [0.29, 0.717) is 11.2 Å². The number of ether oxygens (including phenoxy) is 1. The van der Waals surface area contributed by atoms with Crippen molar-refractivity contribution < 1.29 is 27.5 Å². The molecule has 0 fully saturated rings. The van der Waals surface area contributed by atoms with E-state index in [-0.39, 0.29) is 31.9 Å². The van der Waals surface area contributed by atoms with Crippen molar-refractivity contribution in [3.8, 4) is 0 Å². The number of aromatic nitrogens is 1. The zero-order valence-corrected chi connectivity index (χ0v) is 17.9. The highest BCUT2D eigenvalue weighted by molar-refractivity contribution is 6.48. The lowest BCUT2D eigenvalue weighted by Crippen LogP contribution is -2.42. The summed E-state index contributed by atoms with van der Waals surface area (Å²) in [5.41, 5.74) is -2.07. The Morgan fingerprint density at radius 1 is 1.19 bits per heavy atom. The van der Waals surface area contributed by atoms with Gasteiger partial charge < -0.3 is 14.0 Å². The highest BCUT2D eigenvalue weighted by atomic mass is 35.5. The molecule has 3 heterocycles. The number of fused-ring (bicyclic) bond motifs is 1. The standard InChI is InChI=1S/C20H12Cl3F3N2O3/c1-30-18(29)11-4-5-16(28-6-2-3-15(11)28)14-9-19(31-27-14,20(24,25)26)10-7-12(21)17(23)13(22)8-10/h2-8H,9H2,1H3. The Kier molecular flexibility index (Phi) is 5.36. The zero-order valence-electron chi connectivity index (χ0n) is 15.6. The number of hydrogen-bond donors (Lipinski definition) is 0. The second kappa shape index (κ2) is 7.62. The van der Waals surface area contributed by atoms with E-state index in [0.717, 1.165) is 12.1 Å². The van der Waals surface area contributed by atoms with Gasteiger partial charge in [-0.1, -0.05) is 40.0 Å². The zero-order chi connectivity index (χ0) is 22.6. The van der Waals surface area contributed by atoms with E-state index in [4.69, 9.17) is 44.4 Å². The first-order chi connectivity index (χ1) is 14.6. The smallest absolute Gasteiger partial charge is 0.435 e. The Balaban J connectivity index is 1.81. The van der Waals surface area contributed by atoms with Crippen molar-refractivity contribution >= 4 is 52.0 Å². The molecule has 162 valence electrons. The van der Waals surface area contributed by atoms with Gasteiger partial charge in [0.25, 0.3) is 5.60 Å². The molecule has 0 aliphatic carbocycles. The molecule has 1 aromatic carbocycles. The maximum atomic E-state index is 14.2. The van der Waals surface area contributed by atoms with Crippen LogP contribution in [0.5, 0.6) is 0 Å².